The average molecular weight is 338 g/mol. The van der Waals surface area contributed by atoms with E-state index in [1.54, 1.807) is 9.58 Å². The predicted molar refractivity (Wildman–Crippen MR) is 80.1 cm³/mol. The van der Waals surface area contributed by atoms with Gasteiger partial charge in [-0.15, -0.1) is 0 Å². The molecule has 1 amide bonds. The van der Waals surface area contributed by atoms with E-state index in [2.05, 4.69) is 5.10 Å². The Kier molecular flexibility index (Phi) is 4.31. The Balaban J connectivity index is 1.59. The molecule has 0 bridgehead atoms. The number of aryl methyl sites for hydroxylation is 1. The van der Waals surface area contributed by atoms with Crippen LogP contribution in [0.5, 0.6) is 0 Å². The van der Waals surface area contributed by atoms with E-state index in [0.717, 1.165) is 17.3 Å². The molecule has 1 atom stereocenters. The second-order valence-corrected chi connectivity index (χ2v) is 6.05. The maximum atomic E-state index is 13.6. The molecule has 1 aliphatic rings. The Hall–Kier alpha value is -2.35. The fraction of sp³-hybridized carbons (Fsp3) is 0.375. The van der Waals surface area contributed by atoms with Gasteiger partial charge in [-0.05, 0) is 18.1 Å². The summed E-state index contributed by atoms with van der Waals surface area (Å²) in [7, 11) is 1.82. The van der Waals surface area contributed by atoms with E-state index in [4.69, 9.17) is 5.73 Å². The van der Waals surface area contributed by atoms with Gasteiger partial charge in [0.1, 0.15) is 5.82 Å². The lowest BCUT2D eigenvalue weighted by atomic mass is 10.0. The van der Waals surface area contributed by atoms with Crippen molar-refractivity contribution in [2.75, 3.05) is 0 Å². The van der Waals surface area contributed by atoms with Gasteiger partial charge in [0, 0.05) is 43.9 Å². The van der Waals surface area contributed by atoms with Crippen molar-refractivity contribution < 1.29 is 18.0 Å². The number of carbonyl (C=O) groups excluding carboxylic acids is 1. The van der Waals surface area contributed by atoms with E-state index in [1.807, 2.05) is 13.2 Å². The first-order valence-electron chi connectivity index (χ1n) is 7.51. The molecule has 3 rings (SSSR count). The highest BCUT2D eigenvalue weighted by molar-refractivity contribution is 5.77. The topological polar surface area (TPSA) is 64.2 Å². The van der Waals surface area contributed by atoms with E-state index in [1.165, 1.54) is 0 Å². The van der Waals surface area contributed by atoms with Crippen LogP contribution in [0.3, 0.4) is 0 Å². The second-order valence-electron chi connectivity index (χ2n) is 6.05. The maximum absolute atomic E-state index is 13.6. The van der Waals surface area contributed by atoms with E-state index in [9.17, 15) is 18.0 Å². The van der Waals surface area contributed by atoms with Crippen LogP contribution in [0.2, 0.25) is 0 Å². The highest BCUT2D eigenvalue weighted by Gasteiger charge is 2.27. The number of aromatic nitrogens is 2. The Bertz CT molecular complexity index is 766. The summed E-state index contributed by atoms with van der Waals surface area (Å²) in [6.45, 7) is 0.884. The van der Waals surface area contributed by atoms with Gasteiger partial charge in [-0.3, -0.25) is 9.48 Å². The monoisotopic (exact) mass is 338 g/mol. The van der Waals surface area contributed by atoms with Crippen LogP contribution in [0.25, 0.3) is 0 Å². The van der Waals surface area contributed by atoms with E-state index < -0.39 is 23.5 Å². The summed E-state index contributed by atoms with van der Waals surface area (Å²) in [5.41, 5.74) is 7.69. The smallest absolute Gasteiger partial charge is 0.224 e. The number of fused-ring (bicyclic) bond motifs is 1. The van der Waals surface area contributed by atoms with Crippen LogP contribution in [0.4, 0.5) is 13.2 Å². The lowest BCUT2D eigenvalue weighted by Gasteiger charge is -2.19. The first-order valence-corrected chi connectivity index (χ1v) is 7.51. The first kappa shape index (κ1) is 16.5. The largest absolute Gasteiger partial charge is 0.332 e. The third kappa shape index (κ3) is 3.28. The van der Waals surface area contributed by atoms with Crippen molar-refractivity contribution in [1.29, 1.82) is 0 Å². The molecule has 2 N–H and O–H groups in total. The highest BCUT2D eigenvalue weighted by atomic mass is 19.2. The maximum Gasteiger partial charge on any atom is 0.224 e. The zero-order valence-electron chi connectivity index (χ0n) is 13.1. The number of carbonyl (C=O) groups is 1. The van der Waals surface area contributed by atoms with Gasteiger partial charge in [0.2, 0.25) is 5.91 Å². The van der Waals surface area contributed by atoms with Crippen LogP contribution < -0.4 is 5.73 Å². The Morgan fingerprint density at radius 1 is 1.25 bits per heavy atom. The molecule has 24 heavy (non-hydrogen) atoms. The molecular formula is C16H17F3N4O. The molecule has 8 heteroatoms. The summed E-state index contributed by atoms with van der Waals surface area (Å²) in [6, 6.07) is 0.586. The summed E-state index contributed by atoms with van der Waals surface area (Å²) in [5.74, 6) is -3.42. The van der Waals surface area contributed by atoms with Gasteiger partial charge >= 0.3 is 0 Å². The number of halogens is 3. The van der Waals surface area contributed by atoms with Crippen molar-refractivity contribution in [3.63, 3.8) is 0 Å². The predicted octanol–water partition coefficient (Wildman–Crippen LogP) is 1.64. The molecule has 0 unspecified atom stereocenters. The van der Waals surface area contributed by atoms with Crippen LogP contribution in [0.1, 0.15) is 23.2 Å². The molecule has 1 aromatic heterocycles. The molecule has 1 aliphatic heterocycles. The van der Waals surface area contributed by atoms with Crippen molar-refractivity contribution in [2.24, 2.45) is 12.8 Å². The molecule has 1 aromatic carbocycles. The van der Waals surface area contributed by atoms with Crippen molar-refractivity contribution in [3.05, 3.63) is 52.6 Å². The molecular weight excluding hydrogens is 321 g/mol. The lowest BCUT2D eigenvalue weighted by Crippen LogP contribution is -2.34. The molecule has 2 aromatic rings. The summed E-state index contributed by atoms with van der Waals surface area (Å²) >= 11 is 0. The van der Waals surface area contributed by atoms with Crippen molar-refractivity contribution >= 4 is 5.91 Å². The molecule has 0 spiro atoms. The van der Waals surface area contributed by atoms with Gasteiger partial charge in [0.15, 0.2) is 11.6 Å². The SMILES string of the molecule is Cn1cc2c(n1)CN(C(=O)C[C@H](N)Cc1cc(F)c(F)cc1F)C2. The third-order valence-electron chi connectivity index (χ3n) is 4.05. The Morgan fingerprint density at radius 2 is 1.96 bits per heavy atom. The molecule has 0 fully saturated rings. The summed E-state index contributed by atoms with van der Waals surface area (Å²) in [5, 5.41) is 4.27. The van der Waals surface area contributed by atoms with Crippen LogP contribution >= 0.6 is 0 Å². The second kappa shape index (κ2) is 6.27. The normalized spacial score (nSPS) is 14.8. The number of benzene rings is 1. The number of hydrogen-bond acceptors (Lipinski definition) is 3. The van der Waals surface area contributed by atoms with Gasteiger partial charge in [-0.25, -0.2) is 13.2 Å². The minimum atomic E-state index is -1.25. The Morgan fingerprint density at radius 3 is 2.67 bits per heavy atom. The molecule has 0 radical (unpaired) electrons. The average Bonchev–Trinajstić information content (AvgIpc) is 3.01. The number of hydrogen-bond donors (Lipinski definition) is 1. The lowest BCUT2D eigenvalue weighted by molar-refractivity contribution is -0.132. The molecule has 0 saturated carbocycles. The van der Waals surface area contributed by atoms with Crippen molar-refractivity contribution in [2.45, 2.75) is 32.0 Å². The number of amides is 1. The molecule has 0 aliphatic carbocycles. The van der Waals surface area contributed by atoms with E-state index in [0.29, 0.717) is 19.2 Å². The zero-order chi connectivity index (χ0) is 17.4. The van der Waals surface area contributed by atoms with Crippen molar-refractivity contribution in [1.82, 2.24) is 14.7 Å². The number of rotatable bonds is 4. The van der Waals surface area contributed by atoms with E-state index >= 15 is 0 Å². The quantitative estimate of drug-likeness (QED) is 0.862. The molecule has 128 valence electrons. The Labute approximate surface area is 136 Å². The molecule has 5 nitrogen and oxygen atoms in total. The molecule has 0 saturated heterocycles. The third-order valence-corrected chi connectivity index (χ3v) is 4.05. The summed E-state index contributed by atoms with van der Waals surface area (Å²) < 4.78 is 41.5. The van der Waals surface area contributed by atoms with Crippen LogP contribution in [-0.2, 0) is 31.4 Å². The first-order chi connectivity index (χ1) is 11.3. The zero-order valence-corrected chi connectivity index (χ0v) is 13.1. The summed E-state index contributed by atoms with van der Waals surface area (Å²) in [4.78, 5) is 13.9. The minimum absolute atomic E-state index is 0.00512. The standard InChI is InChI=1S/C16H17F3N4O/c1-22-6-10-7-23(8-15(10)21-22)16(24)4-11(20)2-9-3-13(18)14(19)5-12(9)17/h3,5-6,11H,2,4,7-8,20H2,1H3/t11-/m1/s1. The van der Waals surface area contributed by atoms with Gasteiger partial charge in [0.25, 0.3) is 0 Å². The number of nitrogens with two attached hydrogens (primary N) is 1. The van der Waals surface area contributed by atoms with Crippen LogP contribution in [-0.4, -0.2) is 26.6 Å². The highest BCUT2D eigenvalue weighted by Crippen LogP contribution is 2.22. The van der Waals surface area contributed by atoms with Gasteiger partial charge in [-0.2, -0.15) is 5.10 Å². The fourth-order valence-electron chi connectivity index (χ4n) is 2.90. The molecule has 2 heterocycles. The van der Waals surface area contributed by atoms with Crippen LogP contribution in [0, 0.1) is 17.5 Å². The number of nitrogens with zero attached hydrogens (tertiary/aromatic N) is 3. The van der Waals surface area contributed by atoms with E-state index in [-0.39, 0.29) is 24.3 Å². The van der Waals surface area contributed by atoms with Crippen LogP contribution in [0.15, 0.2) is 18.3 Å². The summed E-state index contributed by atoms with van der Waals surface area (Å²) in [6.07, 6.45) is 1.81. The minimum Gasteiger partial charge on any atom is -0.332 e. The van der Waals surface area contributed by atoms with Gasteiger partial charge in [-0.1, -0.05) is 0 Å². The van der Waals surface area contributed by atoms with Gasteiger partial charge in [0.05, 0.1) is 12.2 Å². The van der Waals surface area contributed by atoms with Crippen molar-refractivity contribution in [3.8, 4) is 0 Å². The fourth-order valence-corrected chi connectivity index (χ4v) is 2.90. The van der Waals surface area contributed by atoms with Gasteiger partial charge < -0.3 is 10.6 Å².